The quantitative estimate of drug-likeness (QED) is 0.423. The highest BCUT2D eigenvalue weighted by molar-refractivity contribution is 5.77. The van der Waals surface area contributed by atoms with Crippen LogP contribution in [0.15, 0.2) is 35.5 Å². The van der Waals surface area contributed by atoms with E-state index in [1.54, 1.807) is 5.57 Å². The first kappa shape index (κ1) is 22.5. The van der Waals surface area contributed by atoms with Gasteiger partial charge in [-0.1, -0.05) is 83.9 Å². The molecule has 2 heteroatoms. The van der Waals surface area contributed by atoms with E-state index in [0.29, 0.717) is 5.92 Å². The van der Waals surface area contributed by atoms with Gasteiger partial charge in [-0.3, -0.25) is 4.79 Å². The smallest absolute Gasteiger partial charge is 0.310 e. The fourth-order valence-electron chi connectivity index (χ4n) is 9.55. The summed E-state index contributed by atoms with van der Waals surface area (Å²) in [6.45, 7) is 17.1. The van der Waals surface area contributed by atoms with Gasteiger partial charge >= 0.3 is 5.97 Å². The number of carboxylic acids is 1. The lowest BCUT2D eigenvalue weighted by molar-refractivity contribution is -0.163. The van der Waals surface area contributed by atoms with Crippen molar-refractivity contribution in [3.8, 4) is 0 Å². The Kier molecular flexibility index (Phi) is 4.51. The van der Waals surface area contributed by atoms with E-state index in [-0.39, 0.29) is 33.0 Å². The summed E-state index contributed by atoms with van der Waals surface area (Å²) in [5, 5.41) is 10.5. The molecule has 0 saturated heterocycles. The summed E-state index contributed by atoms with van der Waals surface area (Å²) in [5.74, 6) is 0.300. The number of allylic oxidation sites excluding steroid dienone is 6. The second-order valence-corrected chi connectivity index (χ2v) is 14.2. The van der Waals surface area contributed by atoms with E-state index in [0.717, 1.165) is 38.5 Å². The molecule has 6 atom stereocenters. The van der Waals surface area contributed by atoms with E-state index in [9.17, 15) is 9.90 Å². The number of hydrogen-bond acceptors (Lipinski definition) is 1. The Balaban J connectivity index is 1.67. The largest absolute Gasteiger partial charge is 0.481 e. The molecule has 5 aliphatic rings. The zero-order valence-electron chi connectivity index (χ0n) is 21.5. The first-order valence-electron chi connectivity index (χ1n) is 13.1. The van der Waals surface area contributed by atoms with Gasteiger partial charge in [0.25, 0.3) is 0 Å². The highest BCUT2D eigenvalue weighted by Gasteiger charge is 2.66. The van der Waals surface area contributed by atoms with Gasteiger partial charge in [0.15, 0.2) is 0 Å². The summed E-state index contributed by atoms with van der Waals surface area (Å²) < 4.78 is 0. The molecule has 32 heavy (non-hydrogen) atoms. The van der Waals surface area contributed by atoms with Crippen LogP contribution < -0.4 is 0 Å². The Labute approximate surface area is 195 Å². The first-order valence-corrected chi connectivity index (χ1v) is 13.1. The van der Waals surface area contributed by atoms with Crippen molar-refractivity contribution in [3.63, 3.8) is 0 Å². The van der Waals surface area contributed by atoms with Crippen LogP contribution in [0.4, 0.5) is 0 Å². The van der Waals surface area contributed by atoms with E-state index in [4.69, 9.17) is 0 Å². The molecule has 2 nitrogen and oxygen atoms in total. The highest BCUT2D eigenvalue weighted by Crippen LogP contribution is 2.74. The third-order valence-electron chi connectivity index (χ3n) is 11.7. The molecule has 176 valence electrons. The van der Waals surface area contributed by atoms with Crippen molar-refractivity contribution >= 4 is 5.97 Å². The average molecular weight is 437 g/mol. The van der Waals surface area contributed by atoms with Gasteiger partial charge in [-0.25, -0.2) is 0 Å². The van der Waals surface area contributed by atoms with Crippen LogP contribution in [0.5, 0.6) is 0 Å². The van der Waals surface area contributed by atoms with E-state index in [1.165, 1.54) is 18.4 Å². The SMILES string of the molecule is CC1(C)CC[C@]2(C(=O)O)CC[C@@]3(C)C(=CC=C4[C@@]5(C)CC=CC(C)(C)C5CC[C@]43C)C2C1. The molecule has 0 aromatic heterocycles. The van der Waals surface area contributed by atoms with Gasteiger partial charge in [-0.05, 0) is 90.3 Å². The number of rotatable bonds is 1. The summed E-state index contributed by atoms with van der Waals surface area (Å²) in [7, 11) is 0. The van der Waals surface area contributed by atoms with E-state index in [1.807, 2.05) is 0 Å². The minimum Gasteiger partial charge on any atom is -0.481 e. The van der Waals surface area contributed by atoms with Crippen LogP contribution in [0.3, 0.4) is 0 Å². The van der Waals surface area contributed by atoms with Crippen LogP contribution in [-0.2, 0) is 4.79 Å². The standard InChI is InChI=1S/C30H44O2/c1-25(2)15-17-30(24(31)32)18-16-28(6)20(21(30)19-25)9-10-23-27(5)13-8-12-26(3,4)22(27)11-14-29(23,28)7/h8-10,12,21-22H,11,13-19H2,1-7H3,(H,31,32)/t21?,22?,27-,28-,29+,30-/m0/s1. The van der Waals surface area contributed by atoms with Gasteiger partial charge in [0.1, 0.15) is 0 Å². The zero-order chi connectivity index (χ0) is 23.4. The average Bonchev–Trinajstić information content (AvgIpc) is 2.67. The summed E-state index contributed by atoms with van der Waals surface area (Å²) in [6, 6.07) is 0. The van der Waals surface area contributed by atoms with Crippen LogP contribution in [-0.4, -0.2) is 11.1 Å². The molecule has 0 aromatic carbocycles. The second kappa shape index (κ2) is 6.42. The molecule has 0 spiro atoms. The summed E-state index contributed by atoms with van der Waals surface area (Å²) in [6.07, 6.45) is 18.2. The third-order valence-corrected chi connectivity index (χ3v) is 11.7. The Morgan fingerprint density at radius 1 is 0.906 bits per heavy atom. The first-order chi connectivity index (χ1) is 14.7. The molecule has 0 radical (unpaired) electrons. The van der Waals surface area contributed by atoms with Gasteiger partial charge in [0.2, 0.25) is 0 Å². The van der Waals surface area contributed by atoms with Gasteiger partial charge in [0, 0.05) is 0 Å². The van der Waals surface area contributed by atoms with Crippen molar-refractivity contribution in [2.75, 3.05) is 0 Å². The van der Waals surface area contributed by atoms with Crippen LogP contribution >= 0.6 is 0 Å². The molecule has 0 amide bonds. The van der Waals surface area contributed by atoms with Crippen LogP contribution in [0.25, 0.3) is 0 Å². The van der Waals surface area contributed by atoms with E-state index < -0.39 is 11.4 Å². The van der Waals surface area contributed by atoms with Crippen LogP contribution in [0.2, 0.25) is 0 Å². The summed E-state index contributed by atoms with van der Waals surface area (Å²) in [4.78, 5) is 12.7. The van der Waals surface area contributed by atoms with Gasteiger partial charge in [-0.2, -0.15) is 0 Å². The Hall–Kier alpha value is -1.31. The Bertz CT molecular complexity index is 948. The minimum atomic E-state index is -0.556. The molecule has 3 saturated carbocycles. The molecule has 5 aliphatic carbocycles. The molecule has 0 heterocycles. The topological polar surface area (TPSA) is 37.3 Å². The summed E-state index contributed by atoms with van der Waals surface area (Å²) >= 11 is 0. The molecule has 0 aromatic rings. The van der Waals surface area contributed by atoms with Gasteiger partial charge < -0.3 is 5.11 Å². The minimum absolute atomic E-state index is 0.0629. The monoisotopic (exact) mass is 436 g/mol. The van der Waals surface area contributed by atoms with Crippen LogP contribution in [0.1, 0.15) is 99.8 Å². The maximum atomic E-state index is 12.7. The number of hydrogen-bond donors (Lipinski definition) is 1. The number of carbonyl (C=O) groups is 1. The fraction of sp³-hybridized carbons (Fsp3) is 0.767. The molecular weight excluding hydrogens is 392 g/mol. The molecule has 2 unspecified atom stereocenters. The lowest BCUT2D eigenvalue weighted by Gasteiger charge is -2.67. The van der Waals surface area contributed by atoms with Crippen molar-refractivity contribution in [1.29, 1.82) is 0 Å². The molecular formula is C30H44O2. The second-order valence-electron chi connectivity index (χ2n) is 14.2. The lowest BCUT2D eigenvalue weighted by Crippen LogP contribution is -2.60. The van der Waals surface area contributed by atoms with Crippen molar-refractivity contribution in [3.05, 3.63) is 35.5 Å². The van der Waals surface area contributed by atoms with Crippen LogP contribution in [0, 0.1) is 44.3 Å². The van der Waals surface area contributed by atoms with Gasteiger partial charge in [0.05, 0.1) is 5.41 Å². The predicted octanol–water partition coefficient (Wildman–Crippen LogP) is 7.96. The third kappa shape index (κ3) is 2.62. The van der Waals surface area contributed by atoms with Gasteiger partial charge in [-0.15, -0.1) is 0 Å². The van der Waals surface area contributed by atoms with Crippen molar-refractivity contribution in [2.45, 2.75) is 99.8 Å². The summed E-state index contributed by atoms with van der Waals surface area (Å²) in [5.41, 5.74) is 3.40. The zero-order valence-corrected chi connectivity index (χ0v) is 21.5. The predicted molar refractivity (Wildman–Crippen MR) is 131 cm³/mol. The fourth-order valence-corrected chi connectivity index (χ4v) is 9.55. The maximum absolute atomic E-state index is 12.7. The number of carboxylic acid groups (broad SMARTS) is 1. The highest BCUT2D eigenvalue weighted by atomic mass is 16.4. The number of aliphatic carboxylic acids is 1. The maximum Gasteiger partial charge on any atom is 0.310 e. The Morgan fingerprint density at radius 3 is 2.28 bits per heavy atom. The molecule has 1 N–H and O–H groups in total. The van der Waals surface area contributed by atoms with Crippen molar-refractivity contribution in [1.82, 2.24) is 0 Å². The van der Waals surface area contributed by atoms with Crippen molar-refractivity contribution in [2.24, 2.45) is 44.3 Å². The molecule has 3 fully saturated rings. The lowest BCUT2D eigenvalue weighted by atomic mass is 9.36. The van der Waals surface area contributed by atoms with E-state index >= 15 is 0 Å². The Morgan fingerprint density at radius 2 is 1.59 bits per heavy atom. The molecule has 0 aliphatic heterocycles. The normalized spacial score (nSPS) is 48.3. The molecule has 0 bridgehead atoms. The molecule has 5 rings (SSSR count). The van der Waals surface area contributed by atoms with Crippen molar-refractivity contribution < 1.29 is 9.90 Å². The number of fused-ring (bicyclic) bond motifs is 7. The van der Waals surface area contributed by atoms with E-state index in [2.05, 4.69) is 72.8 Å².